The van der Waals surface area contributed by atoms with Crippen molar-refractivity contribution in [3.63, 3.8) is 0 Å². The van der Waals surface area contributed by atoms with Gasteiger partial charge in [-0.1, -0.05) is 0 Å². The number of hydrogen-bond acceptors (Lipinski definition) is 5. The van der Waals surface area contributed by atoms with Crippen molar-refractivity contribution < 1.29 is 4.79 Å². The molecule has 0 spiro atoms. The third-order valence-electron chi connectivity index (χ3n) is 2.15. The summed E-state index contributed by atoms with van der Waals surface area (Å²) in [6.45, 7) is 2.65. The summed E-state index contributed by atoms with van der Waals surface area (Å²) in [6, 6.07) is 0. The number of nitrogens with zero attached hydrogens (tertiary/aromatic N) is 2. The number of aromatic nitrogens is 2. The van der Waals surface area contributed by atoms with Crippen LogP contribution in [-0.2, 0) is 6.42 Å². The Labute approximate surface area is 108 Å². The molecular weight excluding hydrogens is 254 g/mol. The van der Waals surface area contributed by atoms with Gasteiger partial charge in [0.05, 0.1) is 5.01 Å². The van der Waals surface area contributed by atoms with Crippen molar-refractivity contribution in [1.29, 1.82) is 0 Å². The van der Waals surface area contributed by atoms with Gasteiger partial charge in [0.15, 0.2) is 5.01 Å². The highest BCUT2D eigenvalue weighted by atomic mass is 32.1. The summed E-state index contributed by atoms with van der Waals surface area (Å²) in [5, 5.41) is 8.35. The number of hydrogen-bond donors (Lipinski definition) is 1. The largest absolute Gasteiger partial charge is 0.350 e. The Morgan fingerprint density at radius 1 is 1.47 bits per heavy atom. The Hall–Kier alpha value is -1.27. The van der Waals surface area contributed by atoms with Crippen LogP contribution in [0.2, 0.25) is 0 Å². The third-order valence-corrected chi connectivity index (χ3v) is 3.94. The molecule has 90 valence electrons. The molecule has 0 aliphatic heterocycles. The molecule has 0 radical (unpaired) electrons. The van der Waals surface area contributed by atoms with E-state index < -0.39 is 0 Å². The maximum Gasteiger partial charge on any atom is 0.280 e. The number of aryl methyl sites for hydroxylation is 2. The van der Waals surface area contributed by atoms with E-state index in [-0.39, 0.29) is 5.91 Å². The fourth-order valence-corrected chi connectivity index (χ4v) is 2.74. The zero-order valence-electron chi connectivity index (χ0n) is 9.47. The lowest BCUT2D eigenvalue weighted by Crippen LogP contribution is -2.24. The summed E-state index contributed by atoms with van der Waals surface area (Å²) in [7, 11) is 0. The number of rotatable bonds is 5. The van der Waals surface area contributed by atoms with Gasteiger partial charge in [-0.25, -0.2) is 9.97 Å². The Kier molecular flexibility index (Phi) is 4.22. The first kappa shape index (κ1) is 12.2. The lowest BCUT2D eigenvalue weighted by molar-refractivity contribution is 0.0953. The van der Waals surface area contributed by atoms with E-state index in [1.54, 1.807) is 22.9 Å². The quantitative estimate of drug-likeness (QED) is 0.846. The number of carbonyl (C=O) groups excluding carboxylic acids is 1. The van der Waals surface area contributed by atoms with Crippen LogP contribution in [0.1, 0.15) is 26.9 Å². The van der Waals surface area contributed by atoms with Gasteiger partial charge in [-0.05, 0) is 13.3 Å². The van der Waals surface area contributed by atoms with Crippen molar-refractivity contribution in [2.45, 2.75) is 19.8 Å². The Morgan fingerprint density at radius 3 is 3.00 bits per heavy atom. The van der Waals surface area contributed by atoms with Crippen LogP contribution < -0.4 is 5.32 Å². The first-order chi connectivity index (χ1) is 8.25. The van der Waals surface area contributed by atoms with Gasteiger partial charge < -0.3 is 5.32 Å². The first-order valence-corrected chi connectivity index (χ1v) is 7.10. The molecule has 0 aliphatic carbocycles. The molecule has 0 bridgehead atoms. The Morgan fingerprint density at radius 2 is 2.35 bits per heavy atom. The van der Waals surface area contributed by atoms with Crippen molar-refractivity contribution in [3.05, 3.63) is 32.7 Å². The van der Waals surface area contributed by atoms with Gasteiger partial charge in [0, 0.05) is 35.6 Å². The van der Waals surface area contributed by atoms with E-state index in [1.807, 2.05) is 12.3 Å². The summed E-state index contributed by atoms with van der Waals surface area (Å²) < 4.78 is 0. The molecule has 1 amide bonds. The van der Waals surface area contributed by atoms with Crippen LogP contribution in [0.4, 0.5) is 0 Å². The molecule has 0 fully saturated rings. The summed E-state index contributed by atoms with van der Waals surface area (Å²) in [5.41, 5.74) is 1.07. The molecule has 4 nitrogen and oxygen atoms in total. The third kappa shape index (κ3) is 3.61. The van der Waals surface area contributed by atoms with Crippen molar-refractivity contribution in [2.24, 2.45) is 0 Å². The van der Waals surface area contributed by atoms with Crippen LogP contribution in [-0.4, -0.2) is 22.4 Å². The van der Waals surface area contributed by atoms with Crippen LogP contribution in [0.25, 0.3) is 0 Å². The Balaban J connectivity index is 1.68. The molecule has 0 aromatic carbocycles. The van der Waals surface area contributed by atoms with Gasteiger partial charge in [0.1, 0.15) is 0 Å². The van der Waals surface area contributed by atoms with Crippen LogP contribution >= 0.6 is 22.7 Å². The van der Waals surface area contributed by atoms with E-state index in [2.05, 4.69) is 15.3 Å². The molecule has 2 rings (SSSR count). The predicted octanol–water partition coefficient (Wildman–Crippen LogP) is 2.27. The van der Waals surface area contributed by atoms with Gasteiger partial charge in [0.25, 0.3) is 5.91 Å². The summed E-state index contributed by atoms with van der Waals surface area (Å²) in [4.78, 5) is 19.9. The number of thiazole rings is 2. The van der Waals surface area contributed by atoms with Crippen LogP contribution in [0.15, 0.2) is 17.0 Å². The van der Waals surface area contributed by atoms with E-state index in [4.69, 9.17) is 0 Å². The lowest BCUT2D eigenvalue weighted by atomic mass is 10.3. The molecule has 2 aromatic heterocycles. The van der Waals surface area contributed by atoms with E-state index >= 15 is 0 Å². The normalized spacial score (nSPS) is 10.4. The van der Waals surface area contributed by atoms with Crippen LogP contribution in [0.5, 0.6) is 0 Å². The van der Waals surface area contributed by atoms with Crippen LogP contribution in [0, 0.1) is 6.92 Å². The zero-order valence-corrected chi connectivity index (χ0v) is 11.1. The molecule has 0 saturated heterocycles. The topological polar surface area (TPSA) is 54.9 Å². The summed E-state index contributed by atoms with van der Waals surface area (Å²) >= 11 is 3.03. The fourth-order valence-electron chi connectivity index (χ4n) is 1.37. The number of nitrogens with one attached hydrogen (secondary N) is 1. The highest BCUT2D eigenvalue weighted by Gasteiger charge is 2.06. The van der Waals surface area contributed by atoms with Crippen molar-refractivity contribution in [2.75, 3.05) is 6.54 Å². The minimum atomic E-state index is -0.0877. The monoisotopic (exact) mass is 267 g/mol. The lowest BCUT2D eigenvalue weighted by Gasteiger charge is -2.01. The maximum absolute atomic E-state index is 11.5. The molecule has 0 saturated carbocycles. The van der Waals surface area contributed by atoms with Gasteiger partial charge >= 0.3 is 0 Å². The van der Waals surface area contributed by atoms with Crippen molar-refractivity contribution in [3.8, 4) is 0 Å². The van der Waals surface area contributed by atoms with E-state index in [1.165, 1.54) is 11.3 Å². The highest BCUT2D eigenvalue weighted by molar-refractivity contribution is 7.11. The SMILES string of the molecule is Cc1csc(CCCNC(=O)c2nccs2)n1. The molecule has 0 atom stereocenters. The molecule has 1 N–H and O–H groups in total. The molecule has 17 heavy (non-hydrogen) atoms. The van der Waals surface area contributed by atoms with E-state index in [0.29, 0.717) is 11.6 Å². The smallest absolute Gasteiger partial charge is 0.280 e. The predicted molar refractivity (Wildman–Crippen MR) is 69.6 cm³/mol. The molecule has 0 unspecified atom stereocenters. The van der Waals surface area contributed by atoms with Gasteiger partial charge in [-0.3, -0.25) is 4.79 Å². The second-order valence-electron chi connectivity index (χ2n) is 3.58. The van der Waals surface area contributed by atoms with Crippen molar-refractivity contribution in [1.82, 2.24) is 15.3 Å². The zero-order chi connectivity index (χ0) is 12.1. The standard InChI is InChI=1S/C11H13N3OS2/c1-8-7-17-9(14-8)3-2-4-12-10(15)11-13-5-6-16-11/h5-7H,2-4H2,1H3,(H,12,15). The summed E-state index contributed by atoms with van der Waals surface area (Å²) in [6.07, 6.45) is 3.46. The molecule has 2 heterocycles. The fraction of sp³-hybridized carbons (Fsp3) is 0.364. The molecule has 0 aliphatic rings. The van der Waals surface area contributed by atoms with Crippen LogP contribution in [0.3, 0.4) is 0 Å². The molecule has 2 aromatic rings. The van der Waals surface area contributed by atoms with E-state index in [9.17, 15) is 4.79 Å². The highest BCUT2D eigenvalue weighted by Crippen LogP contribution is 2.10. The van der Waals surface area contributed by atoms with Gasteiger partial charge in [0.2, 0.25) is 0 Å². The minimum Gasteiger partial charge on any atom is -0.350 e. The second kappa shape index (κ2) is 5.88. The molecule has 6 heteroatoms. The van der Waals surface area contributed by atoms with E-state index in [0.717, 1.165) is 23.5 Å². The molecular formula is C11H13N3OS2. The average molecular weight is 267 g/mol. The maximum atomic E-state index is 11.5. The second-order valence-corrected chi connectivity index (χ2v) is 5.42. The minimum absolute atomic E-state index is 0.0877. The first-order valence-electron chi connectivity index (χ1n) is 5.34. The van der Waals surface area contributed by atoms with Crippen molar-refractivity contribution >= 4 is 28.6 Å². The average Bonchev–Trinajstić information content (AvgIpc) is 2.95. The van der Waals surface area contributed by atoms with Gasteiger partial charge in [-0.2, -0.15) is 0 Å². The Bertz CT molecular complexity index is 479. The number of amides is 1. The van der Waals surface area contributed by atoms with Gasteiger partial charge in [-0.15, -0.1) is 22.7 Å². The summed E-state index contributed by atoms with van der Waals surface area (Å²) in [5.74, 6) is -0.0877. The number of carbonyl (C=O) groups is 1.